The molecule has 0 bridgehead atoms. The summed E-state index contributed by atoms with van der Waals surface area (Å²) in [5.41, 5.74) is 3.21. The summed E-state index contributed by atoms with van der Waals surface area (Å²) in [5, 5.41) is 12.5. The average Bonchev–Trinajstić information content (AvgIpc) is 3.31. The standard InChI is InChI=1S/C21H21ClN2O4S2/c1-30(26,27)24-15-5-6-16(17(22)11-15)20-9-14(12-29-20)13-7-8-23-21(10-13)28-19-4-2-3-18(19)25/h5-12,18-19,24-25H,2-4H2,1H3/t18-,19+/m0/s1. The van der Waals surface area contributed by atoms with Gasteiger partial charge in [0.15, 0.2) is 0 Å². The Morgan fingerprint density at radius 2 is 2.03 bits per heavy atom. The van der Waals surface area contributed by atoms with Crippen LogP contribution in [0.1, 0.15) is 19.3 Å². The topological polar surface area (TPSA) is 88.5 Å². The number of nitrogens with zero attached hydrogens (tertiary/aromatic N) is 1. The molecule has 158 valence electrons. The normalized spacial score (nSPS) is 19.0. The third-order valence-corrected chi connectivity index (χ3v) is 6.78. The predicted octanol–water partition coefficient (Wildman–Crippen LogP) is 4.79. The van der Waals surface area contributed by atoms with Gasteiger partial charge < -0.3 is 9.84 Å². The van der Waals surface area contributed by atoms with E-state index in [-0.39, 0.29) is 6.10 Å². The molecule has 0 aliphatic heterocycles. The first-order chi connectivity index (χ1) is 14.3. The maximum Gasteiger partial charge on any atom is 0.229 e. The average molecular weight is 465 g/mol. The van der Waals surface area contributed by atoms with Crippen LogP contribution in [-0.2, 0) is 10.0 Å². The van der Waals surface area contributed by atoms with E-state index in [9.17, 15) is 13.5 Å². The van der Waals surface area contributed by atoms with Gasteiger partial charge in [0, 0.05) is 28.4 Å². The molecule has 30 heavy (non-hydrogen) atoms. The molecule has 0 saturated heterocycles. The van der Waals surface area contributed by atoms with Crippen LogP contribution in [0, 0.1) is 0 Å². The van der Waals surface area contributed by atoms with Crippen LogP contribution in [0.4, 0.5) is 5.69 Å². The summed E-state index contributed by atoms with van der Waals surface area (Å²) in [5.74, 6) is 0.500. The van der Waals surface area contributed by atoms with E-state index in [1.165, 1.54) is 0 Å². The summed E-state index contributed by atoms with van der Waals surface area (Å²) in [6.45, 7) is 0. The molecule has 2 heterocycles. The molecule has 0 amide bonds. The van der Waals surface area contributed by atoms with Gasteiger partial charge in [-0.15, -0.1) is 11.3 Å². The number of aliphatic hydroxyl groups is 1. The van der Waals surface area contributed by atoms with Crippen molar-refractivity contribution in [3.05, 3.63) is 53.0 Å². The molecule has 1 fully saturated rings. The Hall–Kier alpha value is -2.13. The fourth-order valence-corrected chi connectivity index (χ4v) is 5.33. The van der Waals surface area contributed by atoms with Gasteiger partial charge in [-0.2, -0.15) is 0 Å². The highest BCUT2D eigenvalue weighted by molar-refractivity contribution is 7.92. The van der Waals surface area contributed by atoms with Crippen molar-refractivity contribution in [2.75, 3.05) is 11.0 Å². The van der Waals surface area contributed by atoms with Crippen molar-refractivity contribution < 1.29 is 18.3 Å². The number of hydrogen-bond acceptors (Lipinski definition) is 6. The molecule has 2 atom stereocenters. The first kappa shape index (κ1) is 21.1. The monoisotopic (exact) mass is 464 g/mol. The number of sulfonamides is 1. The first-order valence-corrected chi connectivity index (χ1v) is 12.6. The SMILES string of the molecule is CS(=O)(=O)Nc1ccc(-c2cc(-c3ccnc(O[C@@H]4CCC[C@@H]4O)c3)cs2)c(Cl)c1. The fourth-order valence-electron chi connectivity index (χ4n) is 3.47. The predicted molar refractivity (Wildman–Crippen MR) is 121 cm³/mol. The van der Waals surface area contributed by atoms with E-state index in [0.717, 1.165) is 47.1 Å². The molecule has 2 aromatic heterocycles. The van der Waals surface area contributed by atoms with Crippen LogP contribution in [0.5, 0.6) is 5.88 Å². The van der Waals surface area contributed by atoms with Gasteiger partial charge in [0.05, 0.1) is 17.4 Å². The third kappa shape index (κ3) is 4.95. The smallest absolute Gasteiger partial charge is 0.229 e. The van der Waals surface area contributed by atoms with E-state index < -0.39 is 16.1 Å². The zero-order valence-electron chi connectivity index (χ0n) is 16.2. The maximum absolute atomic E-state index is 11.4. The number of thiophene rings is 1. The molecule has 1 aromatic carbocycles. The first-order valence-electron chi connectivity index (χ1n) is 9.46. The van der Waals surface area contributed by atoms with Gasteiger partial charge in [0.1, 0.15) is 6.10 Å². The molecule has 2 N–H and O–H groups in total. The number of ether oxygens (including phenoxy) is 1. The second kappa shape index (κ2) is 8.55. The lowest BCUT2D eigenvalue weighted by atomic mass is 10.1. The number of aliphatic hydroxyl groups excluding tert-OH is 1. The highest BCUT2D eigenvalue weighted by atomic mass is 35.5. The molecule has 6 nitrogen and oxygen atoms in total. The van der Waals surface area contributed by atoms with Crippen molar-refractivity contribution in [3.63, 3.8) is 0 Å². The number of benzene rings is 1. The Morgan fingerprint density at radius 1 is 1.20 bits per heavy atom. The fraction of sp³-hybridized carbons (Fsp3) is 0.286. The number of rotatable bonds is 6. The van der Waals surface area contributed by atoms with E-state index in [0.29, 0.717) is 16.6 Å². The zero-order valence-corrected chi connectivity index (χ0v) is 18.6. The molecule has 0 radical (unpaired) electrons. The van der Waals surface area contributed by atoms with Gasteiger partial charge in [-0.1, -0.05) is 11.6 Å². The molecular weight excluding hydrogens is 444 g/mol. The van der Waals surface area contributed by atoms with Crippen LogP contribution in [0.2, 0.25) is 5.02 Å². The van der Waals surface area contributed by atoms with Crippen LogP contribution in [0.3, 0.4) is 0 Å². The van der Waals surface area contributed by atoms with Crippen LogP contribution in [0.25, 0.3) is 21.6 Å². The minimum atomic E-state index is -3.36. The summed E-state index contributed by atoms with van der Waals surface area (Å²) in [6, 6.07) is 10.9. The number of halogens is 1. The van der Waals surface area contributed by atoms with Gasteiger partial charge in [0.2, 0.25) is 15.9 Å². The van der Waals surface area contributed by atoms with Crippen molar-refractivity contribution in [1.29, 1.82) is 0 Å². The number of hydrogen-bond donors (Lipinski definition) is 2. The molecule has 1 aliphatic carbocycles. The van der Waals surface area contributed by atoms with Crippen molar-refractivity contribution in [1.82, 2.24) is 4.98 Å². The van der Waals surface area contributed by atoms with Crippen molar-refractivity contribution in [2.45, 2.75) is 31.5 Å². The summed E-state index contributed by atoms with van der Waals surface area (Å²) in [7, 11) is -3.36. The maximum atomic E-state index is 11.4. The number of anilines is 1. The van der Waals surface area contributed by atoms with Crippen LogP contribution in [0.15, 0.2) is 48.0 Å². The van der Waals surface area contributed by atoms with E-state index in [1.807, 2.05) is 23.6 Å². The van der Waals surface area contributed by atoms with E-state index in [1.54, 1.807) is 35.7 Å². The van der Waals surface area contributed by atoms with Gasteiger partial charge in [-0.25, -0.2) is 13.4 Å². The molecule has 3 aromatic rings. The molecule has 0 unspecified atom stereocenters. The minimum absolute atomic E-state index is 0.205. The van der Waals surface area contributed by atoms with Crippen molar-refractivity contribution in [3.8, 4) is 27.4 Å². The van der Waals surface area contributed by atoms with Crippen LogP contribution < -0.4 is 9.46 Å². The lowest BCUT2D eigenvalue weighted by Gasteiger charge is -2.16. The van der Waals surface area contributed by atoms with Crippen molar-refractivity contribution >= 4 is 38.6 Å². The molecule has 9 heteroatoms. The second-order valence-electron chi connectivity index (χ2n) is 7.31. The summed E-state index contributed by atoms with van der Waals surface area (Å²) < 4.78 is 31.1. The molecule has 4 rings (SSSR count). The number of nitrogens with one attached hydrogen (secondary N) is 1. The van der Waals surface area contributed by atoms with Crippen molar-refractivity contribution in [2.24, 2.45) is 0 Å². The molecule has 1 saturated carbocycles. The Labute approximate surface area is 184 Å². The van der Waals surface area contributed by atoms with E-state index in [2.05, 4.69) is 9.71 Å². The largest absolute Gasteiger partial charge is 0.472 e. The Kier molecular flexibility index (Phi) is 6.02. The van der Waals surface area contributed by atoms with Gasteiger partial charge >= 0.3 is 0 Å². The Balaban J connectivity index is 1.55. The Morgan fingerprint density at radius 3 is 2.73 bits per heavy atom. The van der Waals surface area contributed by atoms with Crippen LogP contribution in [-0.4, -0.2) is 37.0 Å². The summed E-state index contributed by atoms with van der Waals surface area (Å²) in [4.78, 5) is 5.24. The Bertz CT molecular complexity index is 1160. The molecule has 0 spiro atoms. The van der Waals surface area contributed by atoms with Gasteiger partial charge in [-0.3, -0.25) is 4.72 Å². The second-order valence-corrected chi connectivity index (χ2v) is 10.4. The zero-order chi connectivity index (χ0) is 21.3. The third-order valence-electron chi connectivity index (χ3n) is 4.90. The molecule has 1 aliphatic rings. The number of pyridine rings is 1. The van der Waals surface area contributed by atoms with Crippen LogP contribution >= 0.6 is 22.9 Å². The summed E-state index contributed by atoms with van der Waals surface area (Å²) >= 11 is 7.95. The van der Waals surface area contributed by atoms with Gasteiger partial charge in [-0.05, 0) is 66.1 Å². The lowest BCUT2D eigenvalue weighted by molar-refractivity contribution is 0.0574. The van der Waals surface area contributed by atoms with E-state index >= 15 is 0 Å². The quantitative estimate of drug-likeness (QED) is 0.547. The molecular formula is C21H21ClN2O4S2. The number of aromatic nitrogens is 1. The highest BCUT2D eigenvalue weighted by Gasteiger charge is 2.27. The highest BCUT2D eigenvalue weighted by Crippen LogP contribution is 2.38. The van der Waals surface area contributed by atoms with E-state index in [4.69, 9.17) is 16.3 Å². The lowest BCUT2D eigenvalue weighted by Crippen LogP contribution is -2.25. The summed E-state index contributed by atoms with van der Waals surface area (Å²) in [6.07, 6.45) is 4.70. The minimum Gasteiger partial charge on any atom is -0.472 e. The van der Waals surface area contributed by atoms with Gasteiger partial charge in [0.25, 0.3) is 0 Å².